The van der Waals surface area contributed by atoms with Crippen LogP contribution in [0.1, 0.15) is 74.7 Å². The lowest BCUT2D eigenvalue weighted by atomic mass is 9.85. The van der Waals surface area contributed by atoms with Gasteiger partial charge in [0.15, 0.2) is 0 Å². The number of ether oxygens (including phenoxy) is 3. The van der Waals surface area contributed by atoms with Crippen LogP contribution in [0.25, 0.3) is 0 Å². The molecule has 1 saturated carbocycles. The third-order valence-corrected chi connectivity index (χ3v) is 7.15. The summed E-state index contributed by atoms with van der Waals surface area (Å²) in [6.07, 6.45) is 9.08. The molecule has 1 aliphatic heterocycles. The van der Waals surface area contributed by atoms with E-state index in [1.54, 1.807) is 13.0 Å². The van der Waals surface area contributed by atoms with Gasteiger partial charge in [-0.25, -0.2) is 4.79 Å². The van der Waals surface area contributed by atoms with Gasteiger partial charge in [0.05, 0.1) is 18.3 Å². The molecule has 0 amide bonds. The fourth-order valence-electron chi connectivity index (χ4n) is 5.11. The lowest BCUT2D eigenvalue weighted by Crippen LogP contribution is -2.49. The number of piperidine rings is 1. The minimum Gasteiger partial charge on any atom is -0.489 e. The second-order valence-corrected chi connectivity index (χ2v) is 9.20. The van der Waals surface area contributed by atoms with Crippen molar-refractivity contribution in [3.05, 3.63) is 29.3 Å². The van der Waals surface area contributed by atoms with Gasteiger partial charge in [-0.05, 0) is 88.6 Å². The number of alkyl halides is 1. The first-order valence-electron chi connectivity index (χ1n) is 11.8. The number of rotatable bonds is 9. The van der Waals surface area contributed by atoms with Crippen LogP contribution in [-0.4, -0.2) is 55.9 Å². The fourth-order valence-corrected chi connectivity index (χ4v) is 5.33. The molecule has 0 aromatic heterocycles. The highest BCUT2D eigenvalue weighted by Crippen LogP contribution is 2.31. The van der Waals surface area contributed by atoms with Gasteiger partial charge in [0.2, 0.25) is 0 Å². The zero-order valence-corrected chi connectivity index (χ0v) is 20.0. The normalized spacial score (nSPS) is 25.7. The summed E-state index contributed by atoms with van der Waals surface area (Å²) in [5.74, 6) is 1.44. The van der Waals surface area contributed by atoms with Gasteiger partial charge in [-0.2, -0.15) is 0 Å². The van der Waals surface area contributed by atoms with Crippen LogP contribution in [0.5, 0.6) is 5.75 Å². The van der Waals surface area contributed by atoms with Gasteiger partial charge in [-0.1, -0.05) is 6.42 Å². The molecule has 1 saturated heterocycles. The topological polar surface area (TPSA) is 48.0 Å². The molecule has 2 aliphatic rings. The van der Waals surface area contributed by atoms with Crippen molar-refractivity contribution >= 4 is 17.6 Å². The SMILES string of the molecule is CCOC(=O)c1ccc(OC(C)C2CCCCN2CC2CCC(OC)CC2)cc1CCl. The van der Waals surface area contributed by atoms with Crippen LogP contribution in [0.2, 0.25) is 0 Å². The first-order valence-corrected chi connectivity index (χ1v) is 12.4. The Morgan fingerprint density at radius 1 is 1.19 bits per heavy atom. The number of benzene rings is 1. The Labute approximate surface area is 192 Å². The summed E-state index contributed by atoms with van der Waals surface area (Å²) in [6.45, 7) is 6.63. The van der Waals surface area contributed by atoms with Crippen molar-refractivity contribution in [2.24, 2.45) is 5.92 Å². The summed E-state index contributed by atoms with van der Waals surface area (Å²) in [7, 11) is 1.83. The van der Waals surface area contributed by atoms with Crippen molar-refractivity contribution in [3.63, 3.8) is 0 Å². The van der Waals surface area contributed by atoms with Crippen molar-refractivity contribution in [1.29, 1.82) is 0 Å². The molecule has 2 unspecified atom stereocenters. The highest BCUT2D eigenvalue weighted by molar-refractivity contribution is 6.17. The van der Waals surface area contributed by atoms with E-state index >= 15 is 0 Å². The Morgan fingerprint density at radius 2 is 1.97 bits per heavy atom. The summed E-state index contributed by atoms with van der Waals surface area (Å²) >= 11 is 6.11. The van der Waals surface area contributed by atoms with Gasteiger partial charge in [0.1, 0.15) is 11.9 Å². The predicted molar refractivity (Wildman–Crippen MR) is 124 cm³/mol. The zero-order valence-electron chi connectivity index (χ0n) is 19.3. The largest absolute Gasteiger partial charge is 0.489 e. The summed E-state index contributed by atoms with van der Waals surface area (Å²) in [4.78, 5) is 14.8. The molecule has 1 aromatic rings. The Hall–Kier alpha value is -1.30. The number of nitrogens with zero attached hydrogens (tertiary/aromatic N) is 1. The fraction of sp³-hybridized carbons (Fsp3) is 0.720. The van der Waals surface area contributed by atoms with E-state index in [9.17, 15) is 4.79 Å². The molecule has 0 N–H and O–H groups in total. The van der Waals surface area contributed by atoms with E-state index in [2.05, 4.69) is 11.8 Å². The van der Waals surface area contributed by atoms with E-state index in [4.69, 9.17) is 25.8 Å². The molecule has 0 spiro atoms. The van der Waals surface area contributed by atoms with E-state index < -0.39 is 0 Å². The highest BCUT2D eigenvalue weighted by atomic mass is 35.5. The molecule has 0 bridgehead atoms. The molecule has 6 heteroatoms. The summed E-state index contributed by atoms with van der Waals surface area (Å²) in [6, 6.07) is 5.93. The van der Waals surface area contributed by atoms with Gasteiger partial charge in [0, 0.05) is 25.6 Å². The number of hydrogen-bond donors (Lipinski definition) is 0. The maximum Gasteiger partial charge on any atom is 0.338 e. The van der Waals surface area contributed by atoms with E-state index in [1.807, 2.05) is 19.2 Å². The minimum atomic E-state index is -0.334. The molecule has 2 atom stereocenters. The van der Waals surface area contributed by atoms with Gasteiger partial charge in [-0.3, -0.25) is 4.90 Å². The van der Waals surface area contributed by atoms with E-state index in [-0.39, 0.29) is 18.0 Å². The van der Waals surface area contributed by atoms with Crippen LogP contribution in [-0.2, 0) is 15.4 Å². The summed E-state index contributed by atoms with van der Waals surface area (Å²) < 4.78 is 17.0. The number of hydrogen-bond acceptors (Lipinski definition) is 5. The van der Waals surface area contributed by atoms with Crippen molar-refractivity contribution in [3.8, 4) is 5.75 Å². The molecule has 1 aliphatic carbocycles. The summed E-state index contributed by atoms with van der Waals surface area (Å²) in [5.41, 5.74) is 1.27. The Morgan fingerprint density at radius 3 is 2.65 bits per heavy atom. The van der Waals surface area contributed by atoms with Crippen molar-refractivity contribution in [2.45, 2.75) is 82.9 Å². The van der Waals surface area contributed by atoms with Crippen molar-refractivity contribution in [1.82, 2.24) is 4.90 Å². The zero-order chi connectivity index (χ0) is 22.2. The van der Waals surface area contributed by atoms with Crippen LogP contribution in [0.15, 0.2) is 18.2 Å². The summed E-state index contributed by atoms with van der Waals surface area (Å²) in [5, 5.41) is 0. The first-order chi connectivity index (χ1) is 15.0. The minimum absolute atomic E-state index is 0.0761. The van der Waals surface area contributed by atoms with Crippen LogP contribution < -0.4 is 4.74 Å². The number of carbonyl (C=O) groups excluding carboxylic acids is 1. The maximum atomic E-state index is 12.1. The smallest absolute Gasteiger partial charge is 0.338 e. The third kappa shape index (κ3) is 6.59. The molecule has 3 rings (SSSR count). The predicted octanol–water partition coefficient (Wildman–Crippen LogP) is 5.43. The monoisotopic (exact) mass is 451 g/mol. The van der Waals surface area contributed by atoms with Gasteiger partial charge in [0.25, 0.3) is 0 Å². The lowest BCUT2D eigenvalue weighted by Gasteiger charge is -2.41. The van der Waals surface area contributed by atoms with Gasteiger partial charge < -0.3 is 14.2 Å². The van der Waals surface area contributed by atoms with Crippen LogP contribution in [0.4, 0.5) is 0 Å². The molecule has 1 heterocycles. The molecular weight excluding hydrogens is 414 g/mol. The molecule has 5 nitrogen and oxygen atoms in total. The molecule has 174 valence electrons. The Kier molecular flexibility index (Phi) is 9.48. The van der Waals surface area contributed by atoms with Crippen molar-refractivity contribution < 1.29 is 19.0 Å². The molecule has 2 fully saturated rings. The van der Waals surface area contributed by atoms with E-state index in [0.717, 1.165) is 36.7 Å². The van der Waals surface area contributed by atoms with Gasteiger partial charge in [-0.15, -0.1) is 11.6 Å². The first kappa shape index (κ1) is 24.3. The van der Waals surface area contributed by atoms with Gasteiger partial charge >= 0.3 is 5.97 Å². The second kappa shape index (κ2) is 12.1. The number of methoxy groups -OCH3 is 1. The molecule has 1 aromatic carbocycles. The second-order valence-electron chi connectivity index (χ2n) is 8.93. The standard InChI is InChI=1S/C25H38ClNO4/c1-4-30-25(28)23-13-12-22(15-20(23)16-26)31-18(2)24-7-5-6-14-27(24)17-19-8-10-21(29-3)11-9-19/h12-13,15,18-19,21,24H,4-11,14,16-17H2,1-3H3. The van der Waals surface area contributed by atoms with Crippen LogP contribution in [0, 0.1) is 5.92 Å². The number of likely N-dealkylation sites (tertiary alicyclic amines) is 1. The average molecular weight is 452 g/mol. The number of halogens is 1. The van der Waals surface area contributed by atoms with Crippen LogP contribution >= 0.6 is 11.6 Å². The highest BCUT2D eigenvalue weighted by Gasteiger charge is 2.31. The average Bonchev–Trinajstić information content (AvgIpc) is 2.80. The third-order valence-electron chi connectivity index (χ3n) is 6.86. The van der Waals surface area contributed by atoms with E-state index in [0.29, 0.717) is 24.3 Å². The van der Waals surface area contributed by atoms with Crippen molar-refractivity contribution in [2.75, 3.05) is 26.8 Å². The molecular formula is C25H38ClNO4. The van der Waals surface area contributed by atoms with Crippen LogP contribution in [0.3, 0.4) is 0 Å². The lowest BCUT2D eigenvalue weighted by molar-refractivity contribution is 0.0175. The molecule has 31 heavy (non-hydrogen) atoms. The van der Waals surface area contributed by atoms with E-state index in [1.165, 1.54) is 38.5 Å². The quantitative estimate of drug-likeness (QED) is 0.370. The maximum absolute atomic E-state index is 12.1. The Balaban J connectivity index is 1.62. The number of carbonyl (C=O) groups is 1. The molecule has 0 radical (unpaired) electrons. The Bertz CT molecular complexity index is 705. The number of esters is 1.